The van der Waals surface area contributed by atoms with E-state index in [1.807, 2.05) is 18.2 Å². The first-order valence-corrected chi connectivity index (χ1v) is 9.54. The van der Waals surface area contributed by atoms with Crippen LogP contribution in [0.3, 0.4) is 0 Å². The molecule has 0 N–H and O–H groups in total. The van der Waals surface area contributed by atoms with Crippen molar-refractivity contribution in [3.05, 3.63) is 66.7 Å². The van der Waals surface area contributed by atoms with E-state index in [2.05, 4.69) is 70.7 Å². The Balaban J connectivity index is 1.77. The van der Waals surface area contributed by atoms with E-state index < -0.39 is 0 Å². The highest BCUT2D eigenvalue weighted by molar-refractivity contribution is 5.81. The van der Waals surface area contributed by atoms with E-state index in [1.54, 1.807) is 0 Å². The average molecular weight is 343 g/mol. The van der Waals surface area contributed by atoms with E-state index in [1.165, 1.54) is 37.7 Å². The molecule has 1 aliphatic carbocycles. The van der Waals surface area contributed by atoms with Crippen LogP contribution in [-0.2, 0) is 0 Å². The summed E-state index contributed by atoms with van der Waals surface area (Å²) >= 11 is 0. The normalized spacial score (nSPS) is 15.0. The van der Waals surface area contributed by atoms with Crippen molar-refractivity contribution in [1.82, 2.24) is 10.2 Å². The molecule has 1 aromatic heterocycles. The third kappa shape index (κ3) is 3.48. The Morgan fingerprint density at radius 3 is 2.04 bits per heavy atom. The van der Waals surface area contributed by atoms with E-state index in [4.69, 9.17) is 0 Å². The zero-order valence-electron chi connectivity index (χ0n) is 15.3. The Kier molecular flexibility index (Phi) is 4.96. The molecule has 0 radical (unpaired) electrons. The van der Waals surface area contributed by atoms with Gasteiger partial charge in [0.1, 0.15) is 5.69 Å². The number of hydrogen-bond acceptors (Lipinski definition) is 3. The number of aromatic nitrogens is 2. The van der Waals surface area contributed by atoms with Crippen molar-refractivity contribution in [3.8, 4) is 22.4 Å². The highest BCUT2D eigenvalue weighted by atomic mass is 15.3. The molecule has 4 rings (SSSR count). The maximum Gasteiger partial charge on any atom is 0.151 e. The Morgan fingerprint density at radius 1 is 0.769 bits per heavy atom. The lowest BCUT2D eigenvalue weighted by Gasteiger charge is -2.32. The lowest BCUT2D eigenvalue weighted by Crippen LogP contribution is -2.34. The minimum absolute atomic E-state index is 0.573. The van der Waals surface area contributed by atoms with Crippen LogP contribution in [-0.4, -0.2) is 23.3 Å². The van der Waals surface area contributed by atoms with Crippen molar-refractivity contribution in [2.45, 2.75) is 38.1 Å². The largest absolute Gasteiger partial charge is 0.355 e. The number of benzene rings is 2. The molecule has 2 aromatic carbocycles. The summed E-state index contributed by atoms with van der Waals surface area (Å²) in [4.78, 5) is 2.33. The van der Waals surface area contributed by atoms with E-state index in [9.17, 15) is 0 Å². The Morgan fingerprint density at radius 2 is 1.38 bits per heavy atom. The molecular formula is C23H25N3. The molecule has 132 valence electrons. The van der Waals surface area contributed by atoms with Gasteiger partial charge in [-0.05, 0) is 24.5 Å². The first kappa shape index (κ1) is 16.8. The summed E-state index contributed by atoms with van der Waals surface area (Å²) in [7, 11) is 2.16. The van der Waals surface area contributed by atoms with E-state index in [-0.39, 0.29) is 0 Å². The third-order valence-electron chi connectivity index (χ3n) is 5.40. The first-order valence-electron chi connectivity index (χ1n) is 9.54. The highest BCUT2D eigenvalue weighted by Gasteiger charge is 2.21. The second kappa shape index (κ2) is 7.69. The topological polar surface area (TPSA) is 29.0 Å². The molecule has 1 saturated carbocycles. The molecule has 3 nitrogen and oxygen atoms in total. The van der Waals surface area contributed by atoms with E-state index in [0.717, 1.165) is 22.6 Å². The Bertz CT molecular complexity index is 840. The van der Waals surface area contributed by atoms with Crippen LogP contribution in [0.1, 0.15) is 32.1 Å². The van der Waals surface area contributed by atoms with Gasteiger partial charge in [0.25, 0.3) is 0 Å². The molecule has 1 heterocycles. The van der Waals surface area contributed by atoms with Crippen LogP contribution in [0.4, 0.5) is 5.82 Å². The quantitative estimate of drug-likeness (QED) is 0.619. The van der Waals surface area contributed by atoms with Crippen LogP contribution in [0.2, 0.25) is 0 Å². The standard InChI is InChI=1S/C23H25N3/c1-26(20-15-9-4-10-16-20)22-17-21(18-11-5-2-6-12-18)23(25-24-22)19-13-7-3-8-14-19/h2-3,5-8,11-14,17,20H,4,9-10,15-16H2,1H3. The molecule has 3 heteroatoms. The summed E-state index contributed by atoms with van der Waals surface area (Å²) in [5, 5.41) is 9.24. The average Bonchev–Trinajstić information content (AvgIpc) is 2.75. The third-order valence-corrected chi connectivity index (χ3v) is 5.40. The summed E-state index contributed by atoms with van der Waals surface area (Å²) in [6.07, 6.45) is 6.49. The molecule has 26 heavy (non-hydrogen) atoms. The molecule has 3 aromatic rings. The predicted octanol–water partition coefficient (Wildman–Crippen LogP) is 5.58. The monoisotopic (exact) mass is 343 g/mol. The Hall–Kier alpha value is -2.68. The van der Waals surface area contributed by atoms with E-state index >= 15 is 0 Å². The van der Waals surface area contributed by atoms with Gasteiger partial charge in [-0.1, -0.05) is 79.9 Å². The zero-order valence-corrected chi connectivity index (χ0v) is 15.3. The minimum Gasteiger partial charge on any atom is -0.355 e. The summed E-state index contributed by atoms with van der Waals surface area (Å²) in [5.41, 5.74) is 4.37. The van der Waals surface area contributed by atoms with Crippen molar-refractivity contribution < 1.29 is 0 Å². The molecule has 0 bridgehead atoms. The van der Waals surface area contributed by atoms with Gasteiger partial charge < -0.3 is 4.90 Å². The second-order valence-electron chi connectivity index (χ2n) is 7.10. The lowest BCUT2D eigenvalue weighted by atomic mass is 9.94. The van der Waals surface area contributed by atoms with Gasteiger partial charge >= 0.3 is 0 Å². The van der Waals surface area contributed by atoms with Gasteiger partial charge in [-0.15, -0.1) is 10.2 Å². The highest BCUT2D eigenvalue weighted by Crippen LogP contribution is 2.33. The molecule has 0 spiro atoms. The fourth-order valence-corrected chi connectivity index (χ4v) is 3.86. The van der Waals surface area contributed by atoms with Crippen LogP contribution in [0, 0.1) is 0 Å². The Labute approximate surface area is 155 Å². The van der Waals surface area contributed by atoms with Crippen LogP contribution in [0.5, 0.6) is 0 Å². The zero-order chi connectivity index (χ0) is 17.8. The van der Waals surface area contributed by atoms with Crippen LogP contribution in [0.25, 0.3) is 22.4 Å². The fourth-order valence-electron chi connectivity index (χ4n) is 3.86. The molecule has 0 aliphatic heterocycles. The van der Waals surface area contributed by atoms with Gasteiger partial charge in [-0.3, -0.25) is 0 Å². The number of anilines is 1. The fraction of sp³-hybridized carbons (Fsp3) is 0.304. The van der Waals surface area contributed by atoms with E-state index in [0.29, 0.717) is 6.04 Å². The van der Waals surface area contributed by atoms with Gasteiger partial charge in [0, 0.05) is 24.2 Å². The number of nitrogens with zero attached hydrogens (tertiary/aromatic N) is 3. The summed E-state index contributed by atoms with van der Waals surface area (Å²) in [6.45, 7) is 0. The molecule has 0 saturated heterocycles. The first-order chi connectivity index (χ1) is 12.8. The summed E-state index contributed by atoms with van der Waals surface area (Å²) in [5.74, 6) is 0.968. The summed E-state index contributed by atoms with van der Waals surface area (Å²) in [6, 6.07) is 23.6. The maximum absolute atomic E-state index is 4.65. The second-order valence-corrected chi connectivity index (χ2v) is 7.10. The van der Waals surface area contributed by atoms with Crippen molar-refractivity contribution in [2.24, 2.45) is 0 Å². The van der Waals surface area contributed by atoms with Gasteiger partial charge in [0.2, 0.25) is 0 Å². The number of rotatable bonds is 4. The van der Waals surface area contributed by atoms with Gasteiger partial charge in [-0.2, -0.15) is 0 Å². The SMILES string of the molecule is CN(c1cc(-c2ccccc2)c(-c2ccccc2)nn1)C1CCCCC1. The maximum atomic E-state index is 4.65. The van der Waals surface area contributed by atoms with Crippen LogP contribution in [0.15, 0.2) is 66.7 Å². The van der Waals surface area contributed by atoms with Crippen molar-refractivity contribution >= 4 is 5.82 Å². The van der Waals surface area contributed by atoms with Gasteiger partial charge in [0.15, 0.2) is 5.82 Å². The van der Waals surface area contributed by atoms with Gasteiger partial charge in [0.05, 0.1) is 0 Å². The van der Waals surface area contributed by atoms with Crippen molar-refractivity contribution in [1.29, 1.82) is 0 Å². The smallest absolute Gasteiger partial charge is 0.151 e. The lowest BCUT2D eigenvalue weighted by molar-refractivity contribution is 0.425. The predicted molar refractivity (Wildman–Crippen MR) is 108 cm³/mol. The molecule has 0 amide bonds. The van der Waals surface area contributed by atoms with Crippen molar-refractivity contribution in [3.63, 3.8) is 0 Å². The van der Waals surface area contributed by atoms with Gasteiger partial charge in [-0.25, -0.2) is 0 Å². The van der Waals surface area contributed by atoms with Crippen LogP contribution < -0.4 is 4.90 Å². The molecule has 0 unspecified atom stereocenters. The minimum atomic E-state index is 0.573. The van der Waals surface area contributed by atoms with Crippen LogP contribution >= 0.6 is 0 Å². The molecule has 1 fully saturated rings. The van der Waals surface area contributed by atoms with Crippen molar-refractivity contribution in [2.75, 3.05) is 11.9 Å². The molecular weight excluding hydrogens is 318 g/mol. The molecule has 0 atom stereocenters. The summed E-state index contributed by atoms with van der Waals surface area (Å²) < 4.78 is 0. The number of hydrogen-bond donors (Lipinski definition) is 0. The molecule has 1 aliphatic rings.